The van der Waals surface area contributed by atoms with Crippen LogP contribution in [0.4, 0.5) is 17.6 Å². The Morgan fingerprint density at radius 3 is 2.48 bits per heavy atom. The SMILES string of the molecule is COCn1cc(C(F)(F)F)c(C(=O)NC2C=CC=CC2(C(C)=O)c2ccc(F)cc2)n1. The summed E-state index contributed by atoms with van der Waals surface area (Å²) in [7, 11) is 1.28. The number of carbonyl (C=O) groups excluding carboxylic acids is 2. The third-order valence-electron chi connectivity index (χ3n) is 5.00. The van der Waals surface area contributed by atoms with Gasteiger partial charge in [0.05, 0.1) is 11.5 Å². The van der Waals surface area contributed by atoms with Gasteiger partial charge < -0.3 is 10.1 Å². The van der Waals surface area contributed by atoms with Crippen molar-refractivity contribution in [1.82, 2.24) is 15.1 Å². The van der Waals surface area contributed by atoms with Crippen molar-refractivity contribution in [2.45, 2.75) is 31.3 Å². The summed E-state index contributed by atoms with van der Waals surface area (Å²) in [5, 5.41) is 6.17. The van der Waals surface area contributed by atoms with E-state index in [0.717, 1.165) is 4.68 Å². The summed E-state index contributed by atoms with van der Waals surface area (Å²) in [6.45, 7) is 1.01. The highest BCUT2D eigenvalue weighted by atomic mass is 19.4. The molecule has 1 aromatic carbocycles. The molecule has 0 fully saturated rings. The average molecular weight is 437 g/mol. The molecule has 2 atom stereocenters. The highest BCUT2D eigenvalue weighted by molar-refractivity contribution is 5.97. The van der Waals surface area contributed by atoms with E-state index in [2.05, 4.69) is 10.4 Å². The molecule has 164 valence electrons. The van der Waals surface area contributed by atoms with Crippen LogP contribution in [0, 0.1) is 5.82 Å². The largest absolute Gasteiger partial charge is 0.420 e. The fraction of sp³-hybridized carbons (Fsp3) is 0.286. The van der Waals surface area contributed by atoms with E-state index in [1.54, 1.807) is 12.2 Å². The summed E-state index contributed by atoms with van der Waals surface area (Å²) in [4.78, 5) is 25.5. The van der Waals surface area contributed by atoms with Gasteiger partial charge in [0.25, 0.3) is 5.91 Å². The number of amides is 1. The van der Waals surface area contributed by atoms with E-state index in [-0.39, 0.29) is 12.5 Å². The number of Topliss-reactive ketones (excluding diaryl/α,β-unsaturated/α-hetero) is 1. The Balaban J connectivity index is 2.01. The molecule has 1 aliphatic rings. The molecule has 31 heavy (non-hydrogen) atoms. The number of nitrogens with one attached hydrogen (secondary N) is 1. The highest BCUT2D eigenvalue weighted by Gasteiger charge is 2.45. The molecule has 1 aliphatic carbocycles. The third kappa shape index (κ3) is 4.29. The van der Waals surface area contributed by atoms with Crippen LogP contribution in [0.2, 0.25) is 0 Å². The van der Waals surface area contributed by atoms with E-state index in [1.165, 1.54) is 50.5 Å². The van der Waals surface area contributed by atoms with Gasteiger partial charge in [-0.3, -0.25) is 9.59 Å². The van der Waals surface area contributed by atoms with Crippen LogP contribution in [0.1, 0.15) is 28.5 Å². The Kier molecular flexibility index (Phi) is 6.12. The number of hydrogen-bond acceptors (Lipinski definition) is 4. The maximum absolute atomic E-state index is 13.4. The van der Waals surface area contributed by atoms with E-state index < -0.39 is 40.6 Å². The normalized spacial score (nSPS) is 20.6. The molecule has 1 aromatic heterocycles. The number of hydrogen-bond donors (Lipinski definition) is 1. The van der Waals surface area contributed by atoms with Crippen LogP contribution in [0.25, 0.3) is 0 Å². The number of ether oxygens (including phenoxy) is 1. The summed E-state index contributed by atoms with van der Waals surface area (Å²) >= 11 is 0. The Labute approximate surface area is 175 Å². The van der Waals surface area contributed by atoms with E-state index in [1.807, 2.05) is 0 Å². The number of benzene rings is 1. The first kappa shape index (κ1) is 22.4. The number of carbonyl (C=O) groups is 2. The molecule has 0 saturated heterocycles. The lowest BCUT2D eigenvalue weighted by Gasteiger charge is -2.37. The van der Waals surface area contributed by atoms with Crippen LogP contribution in [0.5, 0.6) is 0 Å². The molecule has 10 heteroatoms. The minimum absolute atomic E-state index is 0.282. The van der Waals surface area contributed by atoms with Crippen molar-refractivity contribution >= 4 is 11.7 Å². The lowest BCUT2D eigenvalue weighted by Crippen LogP contribution is -2.53. The van der Waals surface area contributed by atoms with Crippen molar-refractivity contribution in [2.75, 3.05) is 7.11 Å². The number of ketones is 1. The minimum Gasteiger partial charge on any atom is -0.362 e. The standard InChI is InChI=1S/C21H19F4N3O3/c1-13(29)20(14-6-8-15(22)9-7-14)10-4-3-5-17(20)26-19(30)18-16(21(23,24)25)11-28(27-18)12-31-2/h3-11,17H,12H2,1-2H3,(H,26,30). The number of methoxy groups -OCH3 is 1. The van der Waals surface area contributed by atoms with Crippen LogP contribution in [-0.2, 0) is 27.9 Å². The predicted molar refractivity (Wildman–Crippen MR) is 103 cm³/mol. The van der Waals surface area contributed by atoms with Crippen LogP contribution < -0.4 is 5.32 Å². The second-order valence-corrected chi connectivity index (χ2v) is 6.97. The number of rotatable bonds is 6. The lowest BCUT2D eigenvalue weighted by atomic mass is 9.69. The van der Waals surface area contributed by atoms with Gasteiger partial charge in [-0.1, -0.05) is 36.4 Å². The summed E-state index contributed by atoms with van der Waals surface area (Å²) in [5.74, 6) is -2.01. The molecule has 1 N–H and O–H groups in total. The monoisotopic (exact) mass is 437 g/mol. The molecule has 0 radical (unpaired) electrons. The second-order valence-electron chi connectivity index (χ2n) is 6.97. The summed E-state index contributed by atoms with van der Waals surface area (Å²) in [6.07, 6.45) is 2.01. The predicted octanol–water partition coefficient (Wildman–Crippen LogP) is 3.40. The highest BCUT2D eigenvalue weighted by Crippen LogP contribution is 2.36. The van der Waals surface area contributed by atoms with E-state index in [4.69, 9.17) is 4.74 Å². The number of allylic oxidation sites excluding steroid dienone is 2. The van der Waals surface area contributed by atoms with E-state index in [9.17, 15) is 27.2 Å². The van der Waals surface area contributed by atoms with Gasteiger partial charge in [0, 0.05) is 13.3 Å². The van der Waals surface area contributed by atoms with Gasteiger partial charge in [-0.15, -0.1) is 0 Å². The van der Waals surface area contributed by atoms with Crippen molar-refractivity contribution in [3.05, 3.63) is 77.4 Å². The quantitative estimate of drug-likeness (QED) is 0.704. The molecule has 1 heterocycles. The average Bonchev–Trinajstić information content (AvgIpc) is 3.14. The Morgan fingerprint density at radius 1 is 1.23 bits per heavy atom. The molecule has 0 saturated carbocycles. The third-order valence-corrected chi connectivity index (χ3v) is 5.00. The minimum atomic E-state index is -4.82. The van der Waals surface area contributed by atoms with Gasteiger partial charge in [-0.05, 0) is 24.6 Å². The van der Waals surface area contributed by atoms with E-state index in [0.29, 0.717) is 11.8 Å². The maximum Gasteiger partial charge on any atom is 0.420 e. The zero-order chi connectivity index (χ0) is 22.8. The van der Waals surface area contributed by atoms with Crippen molar-refractivity contribution < 1.29 is 31.9 Å². The van der Waals surface area contributed by atoms with Crippen LogP contribution >= 0.6 is 0 Å². The first-order valence-corrected chi connectivity index (χ1v) is 9.17. The summed E-state index contributed by atoms with van der Waals surface area (Å²) in [5.41, 5.74) is -3.11. The first-order chi connectivity index (χ1) is 14.6. The van der Waals surface area contributed by atoms with Gasteiger partial charge >= 0.3 is 6.18 Å². The fourth-order valence-corrected chi connectivity index (χ4v) is 3.55. The number of alkyl halides is 3. The molecular weight excluding hydrogens is 418 g/mol. The first-order valence-electron chi connectivity index (χ1n) is 9.17. The van der Waals surface area contributed by atoms with Crippen molar-refractivity contribution in [2.24, 2.45) is 0 Å². The van der Waals surface area contributed by atoms with Gasteiger partial charge in [-0.25, -0.2) is 9.07 Å². The topological polar surface area (TPSA) is 73.2 Å². The molecule has 2 aromatic rings. The lowest BCUT2D eigenvalue weighted by molar-refractivity contribution is -0.138. The zero-order valence-electron chi connectivity index (χ0n) is 16.6. The number of nitrogens with zero attached hydrogens (tertiary/aromatic N) is 2. The molecule has 1 amide bonds. The molecule has 2 unspecified atom stereocenters. The van der Waals surface area contributed by atoms with Gasteiger partial charge in [0.15, 0.2) is 5.69 Å². The van der Waals surface area contributed by atoms with E-state index >= 15 is 0 Å². The maximum atomic E-state index is 13.4. The van der Waals surface area contributed by atoms with Gasteiger partial charge in [0.2, 0.25) is 0 Å². The van der Waals surface area contributed by atoms with Crippen LogP contribution in [-0.4, -0.2) is 34.6 Å². The second kappa shape index (κ2) is 8.46. The smallest absolute Gasteiger partial charge is 0.362 e. The molecular formula is C21H19F4N3O3. The van der Waals surface area contributed by atoms with Crippen LogP contribution in [0.15, 0.2) is 54.8 Å². The molecule has 3 rings (SSSR count). The van der Waals surface area contributed by atoms with Gasteiger partial charge in [-0.2, -0.15) is 18.3 Å². The molecule has 0 spiro atoms. The Morgan fingerprint density at radius 2 is 1.90 bits per heavy atom. The molecule has 0 bridgehead atoms. The van der Waals surface area contributed by atoms with Crippen molar-refractivity contribution in [3.63, 3.8) is 0 Å². The Bertz CT molecular complexity index is 1040. The van der Waals surface area contributed by atoms with Gasteiger partial charge in [0.1, 0.15) is 23.9 Å². The summed E-state index contributed by atoms with van der Waals surface area (Å²) in [6, 6.07) is 4.10. The molecule has 6 nitrogen and oxygen atoms in total. The zero-order valence-corrected chi connectivity index (χ0v) is 16.6. The van der Waals surface area contributed by atoms with Crippen LogP contribution in [0.3, 0.4) is 0 Å². The summed E-state index contributed by atoms with van der Waals surface area (Å²) < 4.78 is 59.4. The number of halogens is 4. The molecule has 0 aliphatic heterocycles. The van der Waals surface area contributed by atoms with Crippen molar-refractivity contribution in [1.29, 1.82) is 0 Å². The number of aromatic nitrogens is 2. The fourth-order valence-electron chi connectivity index (χ4n) is 3.55. The van der Waals surface area contributed by atoms with Crippen molar-refractivity contribution in [3.8, 4) is 0 Å². The Hall–Kier alpha value is -3.27.